The Kier molecular flexibility index (Phi) is 4.43. The molecule has 1 aliphatic rings. The largest absolute Gasteiger partial charge is 0.350 e. The summed E-state index contributed by atoms with van der Waals surface area (Å²) in [6.45, 7) is 0.454. The van der Waals surface area contributed by atoms with Crippen LogP contribution in [0, 0.1) is 10.1 Å². The van der Waals surface area contributed by atoms with Gasteiger partial charge in [-0.05, 0) is 39.4 Å². The highest BCUT2D eigenvalue weighted by Crippen LogP contribution is 2.35. The van der Waals surface area contributed by atoms with Crippen molar-refractivity contribution in [3.05, 3.63) is 33.1 Å². The van der Waals surface area contributed by atoms with Crippen molar-refractivity contribution in [3.8, 4) is 0 Å². The number of amides is 1. The summed E-state index contributed by atoms with van der Waals surface area (Å²) in [6, 6.07) is 1.22. The van der Waals surface area contributed by atoms with Crippen LogP contribution in [0.4, 0.5) is 5.69 Å². The number of hydrogen-bond acceptors (Lipinski definition) is 5. The zero-order valence-electron chi connectivity index (χ0n) is 11.9. The SMILES string of the molecule is CN(C)C1(CNC(=O)c2cc(Cl)ncc2[N+](=O)[O-])CCC1. The number of halogens is 1. The Morgan fingerprint density at radius 2 is 2.24 bits per heavy atom. The maximum absolute atomic E-state index is 12.2. The van der Waals surface area contributed by atoms with E-state index >= 15 is 0 Å². The van der Waals surface area contributed by atoms with Crippen molar-refractivity contribution >= 4 is 23.2 Å². The molecule has 1 saturated carbocycles. The molecule has 0 atom stereocenters. The van der Waals surface area contributed by atoms with Crippen molar-refractivity contribution in [2.24, 2.45) is 0 Å². The predicted molar refractivity (Wildman–Crippen MR) is 78.5 cm³/mol. The van der Waals surface area contributed by atoms with Crippen molar-refractivity contribution in [2.75, 3.05) is 20.6 Å². The average Bonchev–Trinajstić information content (AvgIpc) is 2.36. The molecule has 0 bridgehead atoms. The summed E-state index contributed by atoms with van der Waals surface area (Å²) in [7, 11) is 3.94. The maximum Gasteiger partial charge on any atom is 0.300 e. The third-order valence-electron chi connectivity index (χ3n) is 4.10. The lowest BCUT2D eigenvalue weighted by Gasteiger charge is -2.47. The van der Waals surface area contributed by atoms with E-state index in [1.165, 1.54) is 6.07 Å². The van der Waals surface area contributed by atoms with E-state index in [-0.39, 0.29) is 21.9 Å². The lowest BCUT2D eigenvalue weighted by Crippen LogP contribution is -2.57. The number of likely N-dealkylation sites (N-methyl/N-ethyl adjacent to an activating group) is 1. The van der Waals surface area contributed by atoms with Crippen molar-refractivity contribution in [2.45, 2.75) is 24.8 Å². The average molecular weight is 313 g/mol. The van der Waals surface area contributed by atoms with Crippen LogP contribution in [0.2, 0.25) is 5.15 Å². The molecule has 8 heteroatoms. The van der Waals surface area contributed by atoms with Crippen molar-refractivity contribution in [3.63, 3.8) is 0 Å². The summed E-state index contributed by atoms with van der Waals surface area (Å²) in [5.74, 6) is -0.501. The second-order valence-corrected chi connectivity index (χ2v) is 5.82. The van der Waals surface area contributed by atoms with Crippen LogP contribution in [0.3, 0.4) is 0 Å². The summed E-state index contributed by atoms with van der Waals surface area (Å²) in [5, 5.41) is 13.8. The first-order valence-electron chi connectivity index (χ1n) is 6.61. The van der Waals surface area contributed by atoms with Crippen LogP contribution >= 0.6 is 11.6 Å². The molecule has 21 heavy (non-hydrogen) atoms. The molecule has 0 aliphatic heterocycles. The summed E-state index contributed by atoms with van der Waals surface area (Å²) in [4.78, 5) is 28.3. The Bertz CT molecular complexity index is 573. The highest BCUT2D eigenvalue weighted by molar-refractivity contribution is 6.29. The standard InChI is InChI=1S/C13H17ClN4O3/c1-17(2)13(4-3-5-13)8-16-12(19)9-6-11(14)15-7-10(9)18(20)21/h6-7H,3-5,8H2,1-2H3,(H,16,19). The fourth-order valence-electron chi connectivity index (χ4n) is 2.46. The minimum atomic E-state index is -0.636. The molecule has 0 saturated heterocycles. The van der Waals surface area contributed by atoms with Gasteiger partial charge in [0, 0.05) is 12.1 Å². The van der Waals surface area contributed by atoms with Gasteiger partial charge in [-0.3, -0.25) is 14.9 Å². The first-order valence-corrected chi connectivity index (χ1v) is 6.99. The molecule has 0 unspecified atom stereocenters. The zero-order valence-corrected chi connectivity index (χ0v) is 12.7. The van der Waals surface area contributed by atoms with Crippen LogP contribution in [0.1, 0.15) is 29.6 Å². The van der Waals surface area contributed by atoms with Gasteiger partial charge < -0.3 is 10.2 Å². The maximum atomic E-state index is 12.2. The smallest absolute Gasteiger partial charge is 0.300 e. The molecule has 0 spiro atoms. The summed E-state index contributed by atoms with van der Waals surface area (Å²) in [6.07, 6.45) is 4.12. The monoisotopic (exact) mass is 312 g/mol. The second kappa shape index (κ2) is 5.95. The number of aromatic nitrogens is 1. The van der Waals surface area contributed by atoms with E-state index in [1.54, 1.807) is 0 Å². The highest BCUT2D eigenvalue weighted by atomic mass is 35.5. The van der Waals surface area contributed by atoms with E-state index < -0.39 is 10.8 Å². The Hall–Kier alpha value is -1.73. The molecule has 1 aliphatic carbocycles. The number of nitrogens with one attached hydrogen (secondary N) is 1. The second-order valence-electron chi connectivity index (χ2n) is 5.44. The van der Waals surface area contributed by atoms with Crippen LogP contribution in [0.5, 0.6) is 0 Å². The van der Waals surface area contributed by atoms with E-state index in [9.17, 15) is 14.9 Å². The number of pyridine rings is 1. The van der Waals surface area contributed by atoms with Gasteiger partial charge in [-0.25, -0.2) is 4.98 Å². The summed E-state index contributed by atoms with van der Waals surface area (Å²) < 4.78 is 0. The van der Waals surface area contributed by atoms with E-state index in [1.807, 2.05) is 14.1 Å². The Labute approximate surface area is 127 Å². The molecule has 1 N–H and O–H groups in total. The normalized spacial score (nSPS) is 16.4. The molecule has 1 aromatic heterocycles. The molecule has 0 aromatic carbocycles. The van der Waals surface area contributed by atoms with Crippen molar-refractivity contribution < 1.29 is 9.72 Å². The van der Waals surface area contributed by atoms with Crippen LogP contribution < -0.4 is 5.32 Å². The summed E-state index contributed by atoms with van der Waals surface area (Å²) >= 11 is 5.72. The molecule has 0 radical (unpaired) electrons. The molecule has 7 nitrogen and oxygen atoms in total. The van der Waals surface area contributed by atoms with Gasteiger partial charge in [0.05, 0.1) is 4.92 Å². The predicted octanol–water partition coefficient (Wildman–Crippen LogP) is 1.86. The fraction of sp³-hybridized carbons (Fsp3) is 0.538. The van der Waals surface area contributed by atoms with Gasteiger partial charge in [0.2, 0.25) is 0 Å². The van der Waals surface area contributed by atoms with Gasteiger partial charge in [-0.1, -0.05) is 11.6 Å². The minimum Gasteiger partial charge on any atom is -0.350 e. The fourth-order valence-corrected chi connectivity index (χ4v) is 2.61. The number of nitro groups is 1. The molecule has 1 amide bonds. The molecule has 114 valence electrons. The molecule has 2 rings (SSSR count). The number of nitrogens with zero attached hydrogens (tertiary/aromatic N) is 3. The van der Waals surface area contributed by atoms with E-state index in [4.69, 9.17) is 11.6 Å². The van der Waals surface area contributed by atoms with Crippen LogP contribution in [0.15, 0.2) is 12.3 Å². The number of carbonyl (C=O) groups is 1. The number of hydrogen-bond donors (Lipinski definition) is 1. The van der Waals surface area contributed by atoms with Crippen molar-refractivity contribution in [1.29, 1.82) is 0 Å². The topological polar surface area (TPSA) is 88.4 Å². The van der Waals surface area contributed by atoms with Crippen LogP contribution in [0.25, 0.3) is 0 Å². The third kappa shape index (κ3) is 3.14. The first kappa shape index (κ1) is 15.7. The quantitative estimate of drug-likeness (QED) is 0.509. The third-order valence-corrected chi connectivity index (χ3v) is 4.31. The lowest BCUT2D eigenvalue weighted by molar-refractivity contribution is -0.385. The number of rotatable bonds is 5. The van der Waals surface area contributed by atoms with Gasteiger partial charge in [-0.15, -0.1) is 0 Å². The Morgan fingerprint density at radius 1 is 1.57 bits per heavy atom. The van der Waals surface area contributed by atoms with Gasteiger partial charge in [0.15, 0.2) is 0 Å². The lowest BCUT2D eigenvalue weighted by atomic mass is 9.75. The Morgan fingerprint density at radius 3 is 2.71 bits per heavy atom. The van der Waals surface area contributed by atoms with Crippen molar-refractivity contribution in [1.82, 2.24) is 15.2 Å². The molecule has 1 aromatic rings. The molecular weight excluding hydrogens is 296 g/mol. The van der Waals surface area contributed by atoms with E-state index in [0.29, 0.717) is 6.54 Å². The molecular formula is C13H17ClN4O3. The van der Waals surface area contributed by atoms with E-state index in [0.717, 1.165) is 25.5 Å². The van der Waals surface area contributed by atoms with Gasteiger partial charge in [0.1, 0.15) is 16.9 Å². The zero-order chi connectivity index (χ0) is 15.6. The Balaban J connectivity index is 2.14. The van der Waals surface area contributed by atoms with Gasteiger partial charge in [-0.2, -0.15) is 0 Å². The van der Waals surface area contributed by atoms with Gasteiger partial charge >= 0.3 is 0 Å². The molecule has 1 fully saturated rings. The molecule has 1 heterocycles. The van der Waals surface area contributed by atoms with Crippen LogP contribution in [-0.4, -0.2) is 46.9 Å². The van der Waals surface area contributed by atoms with Gasteiger partial charge in [0.25, 0.3) is 11.6 Å². The summed E-state index contributed by atoms with van der Waals surface area (Å²) in [5.41, 5.74) is -0.459. The van der Waals surface area contributed by atoms with E-state index in [2.05, 4.69) is 15.2 Å². The highest BCUT2D eigenvalue weighted by Gasteiger charge is 2.39. The van der Waals surface area contributed by atoms with Crippen LogP contribution in [-0.2, 0) is 0 Å². The minimum absolute atomic E-state index is 0.0525. The first-order chi connectivity index (χ1) is 9.85. The number of carbonyl (C=O) groups excluding carboxylic acids is 1.